The number of carbonyl (C=O) groups excluding carboxylic acids is 1. The topological polar surface area (TPSA) is 68.5 Å². The molecule has 142 valence electrons. The van der Waals surface area contributed by atoms with E-state index in [1.54, 1.807) is 10.7 Å². The zero-order valence-electron chi connectivity index (χ0n) is 15.4. The summed E-state index contributed by atoms with van der Waals surface area (Å²) in [5, 5.41) is 11.5. The maximum absolute atomic E-state index is 13.3. The minimum atomic E-state index is -0.254. The van der Waals surface area contributed by atoms with Crippen molar-refractivity contribution in [2.75, 3.05) is 6.54 Å². The molecule has 1 amide bonds. The highest BCUT2D eigenvalue weighted by atomic mass is 19.1. The van der Waals surface area contributed by atoms with Gasteiger partial charge < -0.3 is 10.2 Å². The third-order valence-electron chi connectivity index (χ3n) is 5.12. The van der Waals surface area contributed by atoms with E-state index in [-0.39, 0.29) is 17.8 Å². The fourth-order valence-electron chi connectivity index (χ4n) is 3.84. The molecule has 0 radical (unpaired) electrons. The summed E-state index contributed by atoms with van der Waals surface area (Å²) in [6, 6.07) is 6.48. The lowest BCUT2D eigenvalue weighted by molar-refractivity contribution is 0.0748. The van der Waals surface area contributed by atoms with Crippen molar-refractivity contribution >= 4 is 11.6 Å². The van der Waals surface area contributed by atoms with Gasteiger partial charge in [-0.15, -0.1) is 0 Å². The van der Waals surface area contributed by atoms with E-state index in [4.69, 9.17) is 4.84 Å². The van der Waals surface area contributed by atoms with Crippen LogP contribution >= 0.6 is 0 Å². The smallest absolute Gasteiger partial charge is 0.269 e. The van der Waals surface area contributed by atoms with Crippen molar-refractivity contribution in [2.24, 2.45) is 12.2 Å². The number of rotatable bonds is 5. The minimum Gasteiger partial charge on any atom is -0.390 e. The lowest BCUT2D eigenvalue weighted by atomic mass is 9.95. The van der Waals surface area contributed by atoms with E-state index in [0.29, 0.717) is 25.1 Å². The number of halogens is 1. The van der Waals surface area contributed by atoms with Gasteiger partial charge in [0, 0.05) is 25.5 Å². The molecule has 1 aromatic heterocycles. The lowest BCUT2D eigenvalue weighted by Gasteiger charge is -2.13. The quantitative estimate of drug-likeness (QED) is 0.879. The first-order valence-corrected chi connectivity index (χ1v) is 9.39. The van der Waals surface area contributed by atoms with E-state index in [2.05, 4.69) is 15.6 Å². The Kier molecular flexibility index (Phi) is 4.92. The highest BCUT2D eigenvalue weighted by molar-refractivity contribution is 5.94. The number of hydrogen-bond donors (Lipinski definition) is 1. The standard InChI is InChI=1S/C20H23FN4O2/c1-25-19(17-7-2-3-8-18(17)23-25)20(26)22-12-16-11-15(24-27-16)10-13-5-4-6-14(21)9-13/h4-6,9,16H,2-3,7-8,10-12H2,1H3,(H,22,26). The van der Waals surface area contributed by atoms with E-state index < -0.39 is 0 Å². The lowest BCUT2D eigenvalue weighted by Crippen LogP contribution is -2.34. The molecular formula is C20H23FN4O2. The summed E-state index contributed by atoms with van der Waals surface area (Å²) >= 11 is 0. The molecule has 1 aliphatic carbocycles. The first-order chi connectivity index (χ1) is 13.1. The number of carbonyl (C=O) groups is 1. The van der Waals surface area contributed by atoms with Gasteiger partial charge in [0.05, 0.1) is 18.0 Å². The second-order valence-electron chi connectivity index (χ2n) is 7.21. The van der Waals surface area contributed by atoms with Gasteiger partial charge in [0.25, 0.3) is 5.91 Å². The largest absolute Gasteiger partial charge is 0.390 e. The van der Waals surface area contributed by atoms with Crippen LogP contribution in [0.4, 0.5) is 4.39 Å². The van der Waals surface area contributed by atoms with Crippen molar-refractivity contribution in [3.05, 3.63) is 52.6 Å². The fourth-order valence-corrected chi connectivity index (χ4v) is 3.84. The van der Waals surface area contributed by atoms with Gasteiger partial charge in [-0.1, -0.05) is 17.3 Å². The normalized spacial score (nSPS) is 18.6. The molecule has 1 aromatic carbocycles. The zero-order valence-corrected chi connectivity index (χ0v) is 15.4. The SMILES string of the molecule is Cn1nc2c(c1C(=O)NCC1CC(Cc3cccc(F)c3)=NO1)CCCC2. The maximum atomic E-state index is 13.3. The third kappa shape index (κ3) is 3.86. The Balaban J connectivity index is 1.31. The Morgan fingerprint density at radius 3 is 3.07 bits per heavy atom. The molecule has 1 unspecified atom stereocenters. The molecule has 0 fully saturated rings. The summed E-state index contributed by atoms with van der Waals surface area (Å²) < 4.78 is 15.0. The van der Waals surface area contributed by atoms with E-state index in [1.165, 1.54) is 12.1 Å². The molecule has 0 spiro atoms. The Morgan fingerprint density at radius 1 is 1.37 bits per heavy atom. The summed E-state index contributed by atoms with van der Waals surface area (Å²) in [5.74, 6) is -0.370. The molecule has 2 aromatic rings. The third-order valence-corrected chi connectivity index (χ3v) is 5.12. The van der Waals surface area contributed by atoms with E-state index in [1.807, 2.05) is 13.1 Å². The molecule has 1 N–H and O–H groups in total. The van der Waals surface area contributed by atoms with Crippen LogP contribution in [0, 0.1) is 5.82 Å². The summed E-state index contributed by atoms with van der Waals surface area (Å²) in [6.07, 6.45) is 5.07. The van der Waals surface area contributed by atoms with E-state index in [0.717, 1.165) is 48.2 Å². The van der Waals surface area contributed by atoms with Crippen molar-refractivity contribution < 1.29 is 14.0 Å². The molecular weight excluding hydrogens is 347 g/mol. The first-order valence-electron chi connectivity index (χ1n) is 9.39. The van der Waals surface area contributed by atoms with Crippen LogP contribution in [0.1, 0.15) is 46.6 Å². The Labute approximate surface area is 157 Å². The Morgan fingerprint density at radius 2 is 2.22 bits per heavy atom. The Bertz CT molecular complexity index is 890. The van der Waals surface area contributed by atoms with E-state index >= 15 is 0 Å². The van der Waals surface area contributed by atoms with E-state index in [9.17, 15) is 9.18 Å². The van der Waals surface area contributed by atoms with Crippen molar-refractivity contribution in [1.29, 1.82) is 0 Å². The summed E-state index contributed by atoms with van der Waals surface area (Å²) in [6.45, 7) is 0.384. The monoisotopic (exact) mass is 370 g/mol. The second kappa shape index (κ2) is 7.50. The molecule has 0 saturated carbocycles. The predicted octanol–water partition coefficient (Wildman–Crippen LogP) is 2.56. The summed E-state index contributed by atoms with van der Waals surface area (Å²) in [7, 11) is 1.82. The molecule has 7 heteroatoms. The van der Waals surface area contributed by atoms with Crippen LogP contribution < -0.4 is 5.32 Å². The average molecular weight is 370 g/mol. The van der Waals surface area contributed by atoms with Gasteiger partial charge in [-0.25, -0.2) is 4.39 Å². The maximum Gasteiger partial charge on any atom is 0.269 e. The number of nitrogens with one attached hydrogen (secondary N) is 1. The second-order valence-corrected chi connectivity index (χ2v) is 7.21. The number of nitrogens with zero attached hydrogens (tertiary/aromatic N) is 3. The number of fused-ring (bicyclic) bond motifs is 1. The molecule has 1 atom stereocenters. The predicted molar refractivity (Wildman–Crippen MR) is 99.2 cm³/mol. The fraction of sp³-hybridized carbons (Fsp3) is 0.450. The highest BCUT2D eigenvalue weighted by Crippen LogP contribution is 2.23. The minimum absolute atomic E-state index is 0.115. The number of oxime groups is 1. The molecule has 1 aliphatic heterocycles. The molecule has 4 rings (SSSR count). The van der Waals surface area contributed by atoms with Gasteiger partial charge >= 0.3 is 0 Å². The van der Waals surface area contributed by atoms with Gasteiger partial charge in [0.1, 0.15) is 17.6 Å². The molecule has 2 heterocycles. The highest BCUT2D eigenvalue weighted by Gasteiger charge is 2.26. The molecule has 6 nitrogen and oxygen atoms in total. The molecule has 0 bridgehead atoms. The van der Waals surface area contributed by atoms with Crippen molar-refractivity contribution in [2.45, 2.75) is 44.6 Å². The average Bonchev–Trinajstić information content (AvgIpc) is 3.22. The van der Waals surface area contributed by atoms with Gasteiger partial charge in [-0.05, 0) is 43.4 Å². The Hall–Kier alpha value is -2.70. The van der Waals surface area contributed by atoms with Crippen molar-refractivity contribution in [1.82, 2.24) is 15.1 Å². The van der Waals surface area contributed by atoms with Crippen LogP contribution in [0.25, 0.3) is 0 Å². The van der Waals surface area contributed by atoms with Gasteiger partial charge in [-0.2, -0.15) is 5.10 Å². The first kappa shape index (κ1) is 17.7. The summed E-state index contributed by atoms with van der Waals surface area (Å²) in [4.78, 5) is 18.1. The number of hydrogen-bond acceptors (Lipinski definition) is 4. The number of aryl methyl sites for hydroxylation is 2. The van der Waals surface area contributed by atoms with Crippen LogP contribution in [0.5, 0.6) is 0 Å². The van der Waals surface area contributed by atoms with Crippen molar-refractivity contribution in [3.63, 3.8) is 0 Å². The summed E-state index contributed by atoms with van der Waals surface area (Å²) in [5.41, 5.74) is 4.51. The number of aromatic nitrogens is 2. The molecule has 2 aliphatic rings. The molecule has 0 saturated heterocycles. The molecule has 27 heavy (non-hydrogen) atoms. The number of benzene rings is 1. The van der Waals surface area contributed by atoms with Crippen LogP contribution in [0.15, 0.2) is 29.4 Å². The number of amides is 1. The van der Waals surface area contributed by atoms with Gasteiger partial charge in [0.15, 0.2) is 0 Å². The van der Waals surface area contributed by atoms with Gasteiger partial charge in [-0.3, -0.25) is 9.48 Å². The van der Waals surface area contributed by atoms with Crippen LogP contribution in [0.3, 0.4) is 0 Å². The van der Waals surface area contributed by atoms with Gasteiger partial charge in [0.2, 0.25) is 0 Å². The van der Waals surface area contributed by atoms with Crippen LogP contribution in [0.2, 0.25) is 0 Å². The zero-order chi connectivity index (χ0) is 18.8. The van der Waals surface area contributed by atoms with Crippen molar-refractivity contribution in [3.8, 4) is 0 Å². The van der Waals surface area contributed by atoms with Crippen LogP contribution in [-0.4, -0.2) is 34.0 Å². The van der Waals surface area contributed by atoms with Crippen LogP contribution in [-0.2, 0) is 31.1 Å².